The summed E-state index contributed by atoms with van der Waals surface area (Å²) in [5.41, 5.74) is 2.65. The Labute approximate surface area is 103 Å². The topological polar surface area (TPSA) is 20.2 Å². The minimum Gasteiger partial charge on any atom is -0.388 e. The molecule has 0 bridgehead atoms. The molecule has 1 fully saturated rings. The van der Waals surface area contributed by atoms with E-state index < -0.39 is 0 Å². The van der Waals surface area contributed by atoms with Crippen LogP contribution in [0.4, 0.5) is 0 Å². The fraction of sp³-hybridized carbons (Fsp3) is 0.500. The van der Waals surface area contributed by atoms with Crippen molar-refractivity contribution in [3.05, 3.63) is 47.5 Å². The lowest BCUT2D eigenvalue weighted by Crippen LogP contribution is -2.28. The Morgan fingerprint density at radius 3 is 2.41 bits per heavy atom. The van der Waals surface area contributed by atoms with Crippen molar-refractivity contribution in [1.82, 2.24) is 0 Å². The molecule has 1 aromatic rings. The van der Waals surface area contributed by atoms with E-state index in [4.69, 9.17) is 0 Å². The summed E-state index contributed by atoms with van der Waals surface area (Å²) in [6.45, 7) is 0. The van der Waals surface area contributed by atoms with Crippen LogP contribution in [0.25, 0.3) is 0 Å². The standard InChI is InChI=1S/C16H20O/c17-15(13-7-3-1-4-8-13)16(11-12-16)14-9-5-2-6-10-14/h2,5-7,9-10,15,17H,1,3-4,8,11-12H2. The third kappa shape index (κ3) is 1.93. The molecule has 2 aliphatic carbocycles. The Morgan fingerprint density at radius 2 is 1.82 bits per heavy atom. The molecule has 0 saturated heterocycles. The number of rotatable bonds is 3. The van der Waals surface area contributed by atoms with Crippen molar-refractivity contribution in [2.75, 3.05) is 0 Å². The average molecular weight is 228 g/mol. The second-order valence-electron chi connectivity index (χ2n) is 5.45. The fourth-order valence-electron chi connectivity index (χ4n) is 3.09. The van der Waals surface area contributed by atoms with Gasteiger partial charge in [-0.2, -0.15) is 0 Å². The molecule has 1 aromatic carbocycles. The smallest absolute Gasteiger partial charge is 0.0846 e. The summed E-state index contributed by atoms with van der Waals surface area (Å²) in [6.07, 6.45) is 9.07. The molecule has 90 valence electrons. The number of hydrogen-bond acceptors (Lipinski definition) is 1. The van der Waals surface area contributed by atoms with E-state index in [1.807, 2.05) is 6.07 Å². The third-order valence-corrected chi connectivity index (χ3v) is 4.34. The van der Waals surface area contributed by atoms with Crippen LogP contribution in [-0.4, -0.2) is 11.2 Å². The highest BCUT2D eigenvalue weighted by Crippen LogP contribution is 2.53. The summed E-state index contributed by atoms with van der Waals surface area (Å²) >= 11 is 0. The molecule has 0 amide bonds. The van der Waals surface area contributed by atoms with E-state index in [2.05, 4.69) is 30.3 Å². The van der Waals surface area contributed by atoms with Crippen molar-refractivity contribution in [3.63, 3.8) is 0 Å². The van der Waals surface area contributed by atoms with Crippen molar-refractivity contribution < 1.29 is 5.11 Å². The molecule has 17 heavy (non-hydrogen) atoms. The Balaban J connectivity index is 1.86. The first kappa shape index (κ1) is 11.0. The summed E-state index contributed by atoms with van der Waals surface area (Å²) in [6, 6.07) is 10.5. The molecule has 3 rings (SSSR count). The number of allylic oxidation sites excluding steroid dienone is 1. The third-order valence-electron chi connectivity index (χ3n) is 4.34. The Bertz CT molecular complexity index is 414. The number of aliphatic hydroxyl groups is 1. The maximum atomic E-state index is 10.6. The van der Waals surface area contributed by atoms with Crippen LogP contribution in [0.15, 0.2) is 42.0 Å². The van der Waals surface area contributed by atoms with Gasteiger partial charge in [0.2, 0.25) is 0 Å². The maximum absolute atomic E-state index is 10.6. The molecule has 0 aliphatic heterocycles. The molecule has 0 spiro atoms. The van der Waals surface area contributed by atoms with Gasteiger partial charge < -0.3 is 5.11 Å². The van der Waals surface area contributed by atoms with Crippen LogP contribution in [0.1, 0.15) is 44.1 Å². The van der Waals surface area contributed by atoms with E-state index in [1.54, 1.807) is 0 Å². The van der Waals surface area contributed by atoms with Crippen LogP contribution >= 0.6 is 0 Å². The second-order valence-corrected chi connectivity index (χ2v) is 5.45. The van der Waals surface area contributed by atoms with Gasteiger partial charge >= 0.3 is 0 Å². The molecule has 0 heterocycles. The molecule has 0 radical (unpaired) electrons. The molecule has 2 aliphatic rings. The maximum Gasteiger partial charge on any atom is 0.0846 e. The molecule has 1 heteroatoms. The summed E-state index contributed by atoms with van der Waals surface area (Å²) in [5, 5.41) is 10.6. The normalized spacial score (nSPS) is 23.9. The van der Waals surface area contributed by atoms with Crippen LogP contribution in [0, 0.1) is 0 Å². The summed E-state index contributed by atoms with van der Waals surface area (Å²) in [7, 11) is 0. The van der Waals surface area contributed by atoms with E-state index in [0.717, 1.165) is 25.7 Å². The predicted octanol–water partition coefficient (Wildman–Crippen LogP) is 3.58. The lowest BCUT2D eigenvalue weighted by atomic mass is 9.82. The number of hydrogen-bond donors (Lipinski definition) is 1. The van der Waals surface area contributed by atoms with E-state index in [1.165, 1.54) is 24.0 Å². The average Bonchev–Trinajstić information content (AvgIpc) is 3.21. The largest absolute Gasteiger partial charge is 0.388 e. The van der Waals surface area contributed by atoms with E-state index in [0.29, 0.717) is 0 Å². The van der Waals surface area contributed by atoms with Crippen LogP contribution in [0.2, 0.25) is 0 Å². The zero-order chi connectivity index (χ0) is 11.7. The molecule has 1 unspecified atom stereocenters. The summed E-state index contributed by atoms with van der Waals surface area (Å²) in [5.74, 6) is 0. The number of aliphatic hydroxyl groups excluding tert-OH is 1. The molecule has 0 aromatic heterocycles. The molecule has 1 saturated carbocycles. The second kappa shape index (κ2) is 4.30. The van der Waals surface area contributed by atoms with E-state index in [9.17, 15) is 5.11 Å². The fourth-order valence-corrected chi connectivity index (χ4v) is 3.09. The van der Waals surface area contributed by atoms with Crippen molar-refractivity contribution in [3.8, 4) is 0 Å². The first-order valence-corrected chi connectivity index (χ1v) is 6.75. The van der Waals surface area contributed by atoms with Crippen molar-refractivity contribution in [2.24, 2.45) is 0 Å². The first-order chi connectivity index (χ1) is 8.33. The first-order valence-electron chi connectivity index (χ1n) is 6.75. The molecule has 1 atom stereocenters. The van der Waals surface area contributed by atoms with Gasteiger partial charge in [-0.15, -0.1) is 0 Å². The molecule has 1 nitrogen and oxygen atoms in total. The minimum absolute atomic E-state index is 0.0461. The van der Waals surface area contributed by atoms with Crippen LogP contribution < -0.4 is 0 Å². The van der Waals surface area contributed by atoms with Gasteiger partial charge in [-0.1, -0.05) is 36.4 Å². The van der Waals surface area contributed by atoms with Crippen molar-refractivity contribution in [1.29, 1.82) is 0 Å². The highest BCUT2D eigenvalue weighted by atomic mass is 16.3. The zero-order valence-corrected chi connectivity index (χ0v) is 10.2. The van der Waals surface area contributed by atoms with Gasteiger partial charge in [0.25, 0.3) is 0 Å². The van der Waals surface area contributed by atoms with Gasteiger partial charge in [0.1, 0.15) is 0 Å². The van der Waals surface area contributed by atoms with Gasteiger partial charge in [-0.25, -0.2) is 0 Å². The molecule has 1 N–H and O–H groups in total. The SMILES string of the molecule is OC(C1=CCCCC1)C1(c2ccccc2)CC1. The van der Waals surface area contributed by atoms with Gasteiger partial charge in [0, 0.05) is 5.41 Å². The van der Waals surface area contributed by atoms with Crippen molar-refractivity contribution in [2.45, 2.75) is 50.0 Å². The van der Waals surface area contributed by atoms with Crippen molar-refractivity contribution >= 4 is 0 Å². The summed E-state index contributed by atoms with van der Waals surface area (Å²) in [4.78, 5) is 0. The molecular formula is C16H20O. The quantitative estimate of drug-likeness (QED) is 0.784. The predicted molar refractivity (Wildman–Crippen MR) is 69.9 cm³/mol. The Morgan fingerprint density at radius 1 is 1.06 bits per heavy atom. The Hall–Kier alpha value is -1.08. The van der Waals surface area contributed by atoms with Gasteiger partial charge in [0.15, 0.2) is 0 Å². The summed E-state index contributed by atoms with van der Waals surface area (Å²) < 4.78 is 0. The minimum atomic E-state index is -0.245. The van der Waals surface area contributed by atoms with E-state index in [-0.39, 0.29) is 11.5 Å². The highest BCUT2D eigenvalue weighted by molar-refractivity contribution is 5.37. The lowest BCUT2D eigenvalue weighted by Gasteiger charge is -2.27. The van der Waals surface area contributed by atoms with E-state index >= 15 is 0 Å². The lowest BCUT2D eigenvalue weighted by molar-refractivity contribution is 0.160. The van der Waals surface area contributed by atoms with Gasteiger partial charge in [-0.05, 0) is 49.7 Å². The van der Waals surface area contributed by atoms with Crippen LogP contribution in [0.5, 0.6) is 0 Å². The van der Waals surface area contributed by atoms with Gasteiger partial charge in [0.05, 0.1) is 6.10 Å². The zero-order valence-electron chi connectivity index (χ0n) is 10.2. The number of benzene rings is 1. The molecular weight excluding hydrogens is 208 g/mol. The van der Waals surface area contributed by atoms with Crippen LogP contribution in [0.3, 0.4) is 0 Å². The highest BCUT2D eigenvalue weighted by Gasteiger charge is 2.51. The Kier molecular flexibility index (Phi) is 2.79. The van der Waals surface area contributed by atoms with Gasteiger partial charge in [-0.3, -0.25) is 0 Å². The monoisotopic (exact) mass is 228 g/mol. The van der Waals surface area contributed by atoms with Crippen LogP contribution in [-0.2, 0) is 5.41 Å².